The van der Waals surface area contributed by atoms with Gasteiger partial charge in [-0.2, -0.15) is 12.8 Å². The molecule has 0 aliphatic rings. The summed E-state index contributed by atoms with van der Waals surface area (Å²) < 4.78 is 40.4. The van der Waals surface area contributed by atoms with Crippen molar-refractivity contribution in [2.45, 2.75) is 4.21 Å². The van der Waals surface area contributed by atoms with Gasteiger partial charge in [0.15, 0.2) is 0 Å². The van der Waals surface area contributed by atoms with E-state index in [1.54, 1.807) is 11.4 Å². The largest absolute Gasteiger partial charge is 0.291 e. The third kappa shape index (κ3) is 2.77. The second-order valence-electron chi connectivity index (χ2n) is 3.28. The van der Waals surface area contributed by atoms with Gasteiger partial charge < -0.3 is 0 Å². The van der Waals surface area contributed by atoms with Crippen molar-refractivity contribution < 1.29 is 12.8 Å². The van der Waals surface area contributed by atoms with Crippen LogP contribution in [-0.4, -0.2) is 14.6 Å². The molecule has 1 aromatic heterocycles. The van der Waals surface area contributed by atoms with Gasteiger partial charge in [0, 0.05) is 5.56 Å². The van der Waals surface area contributed by atoms with Crippen LogP contribution in [0.1, 0.15) is 5.56 Å². The topological polar surface area (TPSA) is 46.5 Å². The molecule has 0 bridgehead atoms. The Balaban J connectivity index is 2.38. The molecule has 0 saturated carbocycles. The van der Waals surface area contributed by atoms with Crippen LogP contribution in [0.4, 0.5) is 4.39 Å². The van der Waals surface area contributed by atoms with Crippen LogP contribution >= 0.6 is 22.9 Å². The van der Waals surface area contributed by atoms with E-state index in [2.05, 4.69) is 4.40 Å². The molecule has 0 radical (unpaired) electrons. The molecular weight excluding hydrogens is 297 g/mol. The van der Waals surface area contributed by atoms with Gasteiger partial charge in [-0.3, -0.25) is 0 Å². The standard InChI is InChI=1S/C11H7ClFNO2S2/c12-9-3-1-4-10(13)8(9)7-14-18(15,16)11-5-2-6-17-11/h1-7H/b14-7-. The van der Waals surface area contributed by atoms with E-state index in [4.69, 9.17) is 11.6 Å². The van der Waals surface area contributed by atoms with Gasteiger partial charge in [0.05, 0.1) is 11.2 Å². The molecule has 94 valence electrons. The molecule has 0 aliphatic carbocycles. The summed E-state index contributed by atoms with van der Waals surface area (Å²) in [5, 5.41) is 1.73. The molecule has 0 fully saturated rings. The van der Waals surface area contributed by atoms with Crippen molar-refractivity contribution in [1.29, 1.82) is 0 Å². The van der Waals surface area contributed by atoms with Gasteiger partial charge in [-0.15, -0.1) is 11.3 Å². The third-order valence-electron chi connectivity index (χ3n) is 2.07. The van der Waals surface area contributed by atoms with Crippen LogP contribution < -0.4 is 0 Å². The maximum atomic E-state index is 13.4. The Kier molecular flexibility index (Phi) is 3.79. The Morgan fingerprint density at radius 3 is 2.67 bits per heavy atom. The molecule has 0 spiro atoms. The van der Waals surface area contributed by atoms with Crippen LogP contribution in [-0.2, 0) is 10.0 Å². The Morgan fingerprint density at radius 2 is 2.06 bits per heavy atom. The van der Waals surface area contributed by atoms with Gasteiger partial charge in [-0.05, 0) is 23.6 Å². The first-order valence-corrected chi connectivity index (χ1v) is 7.48. The van der Waals surface area contributed by atoms with E-state index >= 15 is 0 Å². The second kappa shape index (κ2) is 5.17. The van der Waals surface area contributed by atoms with E-state index in [0.29, 0.717) is 0 Å². The number of benzene rings is 1. The first-order valence-electron chi connectivity index (χ1n) is 4.78. The highest BCUT2D eigenvalue weighted by atomic mass is 35.5. The molecule has 1 heterocycles. The van der Waals surface area contributed by atoms with E-state index in [1.165, 1.54) is 24.3 Å². The molecule has 7 heteroatoms. The van der Waals surface area contributed by atoms with Crippen LogP contribution in [0.15, 0.2) is 44.3 Å². The number of halogens is 2. The number of hydrogen-bond donors (Lipinski definition) is 0. The molecule has 18 heavy (non-hydrogen) atoms. The quantitative estimate of drug-likeness (QED) is 0.816. The van der Waals surface area contributed by atoms with Crippen molar-refractivity contribution in [2.24, 2.45) is 4.40 Å². The highest BCUT2D eigenvalue weighted by molar-refractivity contribution is 7.92. The minimum absolute atomic E-state index is 0.0423. The van der Waals surface area contributed by atoms with Crippen LogP contribution in [0, 0.1) is 5.82 Å². The number of hydrogen-bond acceptors (Lipinski definition) is 3. The fourth-order valence-corrected chi connectivity index (χ4v) is 3.26. The lowest BCUT2D eigenvalue weighted by atomic mass is 10.2. The van der Waals surface area contributed by atoms with Crippen LogP contribution in [0.5, 0.6) is 0 Å². The smallest absolute Gasteiger partial charge is 0.206 e. The third-order valence-corrected chi connectivity index (χ3v) is 5.01. The van der Waals surface area contributed by atoms with Gasteiger partial charge >= 0.3 is 0 Å². The number of rotatable bonds is 3. The summed E-state index contributed by atoms with van der Waals surface area (Å²) in [6.45, 7) is 0. The summed E-state index contributed by atoms with van der Waals surface area (Å²) in [7, 11) is -3.79. The number of thiophene rings is 1. The Hall–Kier alpha value is -1.24. The number of nitrogens with zero attached hydrogens (tertiary/aromatic N) is 1. The molecule has 3 nitrogen and oxygen atoms in total. The average Bonchev–Trinajstić information content (AvgIpc) is 2.82. The SMILES string of the molecule is O=S(=O)(/N=C\c1c(F)cccc1Cl)c1cccs1. The first kappa shape index (κ1) is 13.2. The Labute approximate surface area is 113 Å². The zero-order valence-corrected chi connectivity index (χ0v) is 11.3. The van der Waals surface area contributed by atoms with E-state index in [-0.39, 0.29) is 14.8 Å². The van der Waals surface area contributed by atoms with Gasteiger partial charge in [-0.1, -0.05) is 23.7 Å². The monoisotopic (exact) mass is 303 g/mol. The maximum Gasteiger partial charge on any atom is 0.291 e. The maximum absolute atomic E-state index is 13.4. The molecule has 2 rings (SSSR count). The normalized spacial score (nSPS) is 12.1. The molecule has 0 saturated heterocycles. The van der Waals surface area contributed by atoms with E-state index in [1.807, 2.05) is 0 Å². The summed E-state index contributed by atoms with van der Waals surface area (Å²) >= 11 is 6.80. The molecule has 0 atom stereocenters. The predicted molar refractivity (Wildman–Crippen MR) is 70.5 cm³/mol. The van der Waals surface area contributed by atoms with Crippen molar-refractivity contribution in [3.05, 3.63) is 52.1 Å². The molecule has 1 aromatic carbocycles. The fraction of sp³-hybridized carbons (Fsp3) is 0. The minimum Gasteiger partial charge on any atom is -0.206 e. The highest BCUT2D eigenvalue weighted by Crippen LogP contribution is 2.20. The zero-order valence-electron chi connectivity index (χ0n) is 8.88. The second-order valence-corrected chi connectivity index (χ2v) is 6.49. The molecule has 0 N–H and O–H groups in total. The van der Waals surface area contributed by atoms with Gasteiger partial charge in [0.1, 0.15) is 10.0 Å². The van der Waals surface area contributed by atoms with Gasteiger partial charge in [-0.25, -0.2) is 4.39 Å². The van der Waals surface area contributed by atoms with Crippen LogP contribution in [0.3, 0.4) is 0 Å². The zero-order chi connectivity index (χ0) is 13.2. The summed E-state index contributed by atoms with van der Waals surface area (Å²) in [6, 6.07) is 7.11. The molecule has 0 aliphatic heterocycles. The van der Waals surface area contributed by atoms with E-state index in [9.17, 15) is 12.8 Å². The van der Waals surface area contributed by atoms with Crippen LogP contribution in [0.25, 0.3) is 0 Å². The van der Waals surface area contributed by atoms with E-state index < -0.39 is 15.8 Å². The van der Waals surface area contributed by atoms with Crippen LogP contribution in [0.2, 0.25) is 5.02 Å². The van der Waals surface area contributed by atoms with Gasteiger partial charge in [0.2, 0.25) is 0 Å². The van der Waals surface area contributed by atoms with E-state index in [0.717, 1.165) is 17.6 Å². The highest BCUT2D eigenvalue weighted by Gasteiger charge is 2.13. The summed E-state index contributed by atoms with van der Waals surface area (Å²) in [5.74, 6) is -0.618. The molecule has 0 unspecified atom stereocenters. The first-order chi connectivity index (χ1) is 8.50. The van der Waals surface area contributed by atoms with Crippen molar-refractivity contribution in [3.8, 4) is 0 Å². The van der Waals surface area contributed by atoms with Crippen molar-refractivity contribution in [2.75, 3.05) is 0 Å². The van der Waals surface area contributed by atoms with Crippen molar-refractivity contribution in [3.63, 3.8) is 0 Å². The lowest BCUT2D eigenvalue weighted by Crippen LogP contribution is -1.96. The lowest BCUT2D eigenvalue weighted by Gasteiger charge is -1.99. The minimum atomic E-state index is -3.79. The van der Waals surface area contributed by atoms with Gasteiger partial charge in [0.25, 0.3) is 10.0 Å². The van der Waals surface area contributed by atoms with Crippen molar-refractivity contribution in [1.82, 2.24) is 0 Å². The Morgan fingerprint density at radius 1 is 1.28 bits per heavy atom. The molecular formula is C11H7ClFNO2S2. The average molecular weight is 304 g/mol. The predicted octanol–water partition coefficient (Wildman–Crippen LogP) is 3.35. The number of sulfonamides is 1. The summed E-state index contributed by atoms with van der Waals surface area (Å²) in [6.07, 6.45) is 0.923. The molecule has 0 amide bonds. The summed E-state index contributed by atoms with van der Waals surface area (Å²) in [4.78, 5) is 0. The summed E-state index contributed by atoms with van der Waals surface area (Å²) in [5.41, 5.74) is -0.0423. The fourth-order valence-electron chi connectivity index (χ4n) is 1.22. The molecule has 2 aromatic rings. The van der Waals surface area contributed by atoms with Crippen molar-refractivity contribution >= 4 is 39.2 Å². The Bertz CT molecular complexity index is 661. The lowest BCUT2D eigenvalue weighted by molar-refractivity contribution is 0.600.